The summed E-state index contributed by atoms with van der Waals surface area (Å²) < 4.78 is 4.89. The molecule has 1 amide bonds. The Bertz CT molecular complexity index is 579. The van der Waals surface area contributed by atoms with Crippen LogP contribution < -0.4 is 5.32 Å². The zero-order chi connectivity index (χ0) is 13.7. The molecule has 0 saturated carbocycles. The number of hydrogen-bond acceptors (Lipinski definition) is 4. The summed E-state index contributed by atoms with van der Waals surface area (Å²) in [5.41, 5.74) is 1.34. The quantitative estimate of drug-likeness (QED) is 0.820. The Labute approximate surface area is 109 Å². The lowest BCUT2D eigenvalue weighted by atomic mass is 10.2. The molecule has 6 heteroatoms. The maximum absolute atomic E-state index is 11.8. The van der Waals surface area contributed by atoms with Crippen LogP contribution >= 0.6 is 0 Å². The molecule has 0 aliphatic carbocycles. The van der Waals surface area contributed by atoms with Crippen molar-refractivity contribution in [1.82, 2.24) is 10.2 Å². The van der Waals surface area contributed by atoms with Crippen LogP contribution in [0.3, 0.4) is 0 Å². The summed E-state index contributed by atoms with van der Waals surface area (Å²) in [5, 5.41) is 8.93. The Kier molecular flexibility index (Phi) is 3.92. The topological polar surface area (TPSA) is 84.1 Å². The highest BCUT2D eigenvalue weighted by Gasteiger charge is 2.10. The number of carbonyl (C=O) groups excluding carboxylic acids is 2. The zero-order valence-electron chi connectivity index (χ0n) is 10.3. The van der Waals surface area contributed by atoms with Gasteiger partial charge in [0, 0.05) is 11.9 Å². The molecular weight excluding hydrogens is 246 g/mol. The number of aromatic nitrogens is 2. The Hall–Kier alpha value is -2.63. The summed E-state index contributed by atoms with van der Waals surface area (Å²) in [6.07, 6.45) is 2.91. The number of aromatic amines is 1. The lowest BCUT2D eigenvalue weighted by Crippen LogP contribution is -2.12. The number of H-pyrrole nitrogens is 1. The number of amides is 1. The number of anilines is 1. The lowest BCUT2D eigenvalue weighted by molar-refractivity contribution is 0.0526. The van der Waals surface area contributed by atoms with E-state index in [1.54, 1.807) is 31.2 Å². The second-order valence-electron chi connectivity index (χ2n) is 3.74. The third kappa shape index (κ3) is 3.19. The number of nitrogens with one attached hydrogen (secondary N) is 2. The molecule has 2 aromatic rings. The van der Waals surface area contributed by atoms with Gasteiger partial charge in [0.15, 0.2) is 0 Å². The molecule has 98 valence electrons. The maximum Gasteiger partial charge on any atom is 0.338 e. The van der Waals surface area contributed by atoms with Crippen LogP contribution in [0.4, 0.5) is 5.69 Å². The van der Waals surface area contributed by atoms with Crippen molar-refractivity contribution in [1.29, 1.82) is 0 Å². The van der Waals surface area contributed by atoms with Crippen molar-refractivity contribution in [3.8, 4) is 0 Å². The van der Waals surface area contributed by atoms with Crippen molar-refractivity contribution in [3.63, 3.8) is 0 Å². The average molecular weight is 259 g/mol. The van der Waals surface area contributed by atoms with Crippen LogP contribution in [-0.2, 0) is 4.74 Å². The lowest BCUT2D eigenvalue weighted by Gasteiger charge is -2.06. The first-order chi connectivity index (χ1) is 9.20. The molecule has 2 rings (SSSR count). The fraction of sp³-hybridized carbons (Fsp3) is 0.154. The standard InChI is InChI=1S/C13H13N3O3/c1-2-19-13(18)9-4-3-5-11(6-9)16-12(17)10-7-14-15-8-10/h3-8H,2H2,1H3,(H,14,15)(H,16,17). The SMILES string of the molecule is CCOC(=O)c1cccc(NC(=O)c2cn[nH]c2)c1. The van der Waals surface area contributed by atoms with E-state index in [9.17, 15) is 9.59 Å². The summed E-state index contributed by atoms with van der Waals surface area (Å²) in [5.74, 6) is -0.711. The molecule has 0 saturated heterocycles. The van der Waals surface area contributed by atoms with Crippen LogP contribution in [-0.4, -0.2) is 28.7 Å². The molecule has 0 aliphatic rings. The molecule has 0 aliphatic heterocycles. The van der Waals surface area contributed by atoms with Gasteiger partial charge in [0.2, 0.25) is 0 Å². The van der Waals surface area contributed by atoms with Crippen LogP contribution in [0.25, 0.3) is 0 Å². The fourth-order valence-electron chi connectivity index (χ4n) is 1.52. The van der Waals surface area contributed by atoms with Gasteiger partial charge in [0.25, 0.3) is 5.91 Å². The number of hydrogen-bond donors (Lipinski definition) is 2. The molecule has 1 aromatic heterocycles. The minimum Gasteiger partial charge on any atom is -0.462 e. The van der Waals surface area contributed by atoms with E-state index >= 15 is 0 Å². The van der Waals surface area contributed by atoms with Crippen LogP contribution in [0.15, 0.2) is 36.7 Å². The molecule has 1 aromatic carbocycles. The van der Waals surface area contributed by atoms with Crippen molar-refractivity contribution in [2.24, 2.45) is 0 Å². The van der Waals surface area contributed by atoms with Crippen LogP contribution in [0, 0.1) is 0 Å². The first kappa shape index (κ1) is 12.8. The number of esters is 1. The van der Waals surface area contributed by atoms with Crippen LogP contribution in [0.5, 0.6) is 0 Å². The van der Waals surface area contributed by atoms with E-state index in [4.69, 9.17) is 4.74 Å². The minimum absolute atomic E-state index is 0.297. The summed E-state index contributed by atoms with van der Waals surface area (Å²) in [6, 6.07) is 6.57. The summed E-state index contributed by atoms with van der Waals surface area (Å²) in [4.78, 5) is 23.4. The fourth-order valence-corrected chi connectivity index (χ4v) is 1.52. The van der Waals surface area contributed by atoms with Crippen LogP contribution in [0.1, 0.15) is 27.6 Å². The number of ether oxygens (including phenoxy) is 1. The van der Waals surface area contributed by atoms with Crippen molar-refractivity contribution < 1.29 is 14.3 Å². The normalized spacial score (nSPS) is 9.95. The highest BCUT2D eigenvalue weighted by molar-refractivity contribution is 6.04. The van der Waals surface area contributed by atoms with E-state index in [1.165, 1.54) is 12.4 Å². The third-order valence-electron chi connectivity index (χ3n) is 2.39. The highest BCUT2D eigenvalue weighted by Crippen LogP contribution is 2.13. The van der Waals surface area contributed by atoms with E-state index < -0.39 is 5.97 Å². The molecule has 0 radical (unpaired) electrons. The summed E-state index contributed by atoms with van der Waals surface area (Å²) in [6.45, 7) is 2.05. The van der Waals surface area contributed by atoms with E-state index in [1.807, 2.05) is 0 Å². The van der Waals surface area contributed by atoms with E-state index in [-0.39, 0.29) is 5.91 Å². The Balaban J connectivity index is 2.11. The smallest absolute Gasteiger partial charge is 0.338 e. The average Bonchev–Trinajstić information content (AvgIpc) is 2.93. The number of benzene rings is 1. The molecule has 0 unspecified atom stereocenters. The van der Waals surface area contributed by atoms with Gasteiger partial charge in [0.05, 0.1) is 23.9 Å². The first-order valence-corrected chi connectivity index (χ1v) is 5.78. The Morgan fingerprint density at radius 1 is 1.37 bits per heavy atom. The summed E-state index contributed by atoms with van der Waals surface area (Å²) >= 11 is 0. The van der Waals surface area contributed by atoms with Gasteiger partial charge in [-0.3, -0.25) is 9.89 Å². The van der Waals surface area contributed by atoms with Gasteiger partial charge in [-0.25, -0.2) is 4.79 Å². The highest BCUT2D eigenvalue weighted by atomic mass is 16.5. The molecular formula is C13H13N3O3. The Morgan fingerprint density at radius 2 is 2.21 bits per heavy atom. The monoisotopic (exact) mass is 259 g/mol. The second kappa shape index (κ2) is 5.81. The van der Waals surface area contributed by atoms with E-state index in [0.29, 0.717) is 23.4 Å². The van der Waals surface area contributed by atoms with Crippen molar-refractivity contribution >= 4 is 17.6 Å². The largest absolute Gasteiger partial charge is 0.462 e. The molecule has 0 bridgehead atoms. The van der Waals surface area contributed by atoms with Crippen molar-refractivity contribution in [2.75, 3.05) is 11.9 Å². The van der Waals surface area contributed by atoms with Gasteiger partial charge in [-0.15, -0.1) is 0 Å². The zero-order valence-corrected chi connectivity index (χ0v) is 10.3. The van der Waals surface area contributed by atoms with Gasteiger partial charge in [-0.05, 0) is 25.1 Å². The molecule has 0 spiro atoms. The predicted molar refractivity (Wildman–Crippen MR) is 68.9 cm³/mol. The van der Waals surface area contributed by atoms with Crippen LogP contribution in [0.2, 0.25) is 0 Å². The van der Waals surface area contributed by atoms with Gasteiger partial charge in [0.1, 0.15) is 0 Å². The van der Waals surface area contributed by atoms with Crippen molar-refractivity contribution in [3.05, 3.63) is 47.8 Å². The predicted octanol–water partition coefficient (Wildman–Crippen LogP) is 1.84. The molecule has 19 heavy (non-hydrogen) atoms. The maximum atomic E-state index is 11.8. The van der Waals surface area contributed by atoms with Gasteiger partial charge in [-0.1, -0.05) is 6.07 Å². The van der Waals surface area contributed by atoms with Gasteiger partial charge in [-0.2, -0.15) is 5.10 Å². The molecule has 1 heterocycles. The number of rotatable bonds is 4. The molecule has 0 fully saturated rings. The molecule has 6 nitrogen and oxygen atoms in total. The minimum atomic E-state index is -0.415. The number of nitrogens with zero attached hydrogens (tertiary/aromatic N) is 1. The van der Waals surface area contributed by atoms with Gasteiger partial charge < -0.3 is 10.1 Å². The third-order valence-corrected chi connectivity index (χ3v) is 2.39. The molecule has 2 N–H and O–H groups in total. The molecule has 0 atom stereocenters. The van der Waals surface area contributed by atoms with Crippen molar-refractivity contribution in [2.45, 2.75) is 6.92 Å². The number of carbonyl (C=O) groups is 2. The second-order valence-corrected chi connectivity index (χ2v) is 3.74. The first-order valence-electron chi connectivity index (χ1n) is 5.78. The summed E-state index contributed by atoms with van der Waals surface area (Å²) in [7, 11) is 0. The Morgan fingerprint density at radius 3 is 2.89 bits per heavy atom. The van der Waals surface area contributed by atoms with Gasteiger partial charge >= 0.3 is 5.97 Å². The van der Waals surface area contributed by atoms with E-state index in [2.05, 4.69) is 15.5 Å². The van der Waals surface area contributed by atoms with E-state index in [0.717, 1.165) is 0 Å².